The molecule has 1 aromatic rings. The number of ether oxygens (including phenoxy) is 2. The third kappa shape index (κ3) is 2.81. The summed E-state index contributed by atoms with van der Waals surface area (Å²) in [7, 11) is -2.14. The van der Waals surface area contributed by atoms with E-state index in [0.29, 0.717) is 11.4 Å². The molecule has 0 aliphatic carbocycles. The Morgan fingerprint density at radius 1 is 1.42 bits per heavy atom. The van der Waals surface area contributed by atoms with E-state index in [1.807, 2.05) is 0 Å². The fraction of sp³-hybridized carbons (Fsp3) is 0.417. The zero-order valence-electron chi connectivity index (χ0n) is 10.7. The largest absolute Gasteiger partial charge is 0.476 e. The Morgan fingerprint density at radius 2 is 2.11 bits per heavy atom. The van der Waals surface area contributed by atoms with Crippen molar-refractivity contribution in [1.29, 1.82) is 0 Å². The summed E-state index contributed by atoms with van der Waals surface area (Å²) in [4.78, 5) is 11.6. The van der Waals surface area contributed by atoms with Crippen molar-refractivity contribution >= 4 is 21.7 Å². The maximum Gasteiger partial charge on any atom is 0.347 e. The van der Waals surface area contributed by atoms with E-state index in [2.05, 4.69) is 4.74 Å². The van der Waals surface area contributed by atoms with Crippen molar-refractivity contribution in [2.24, 2.45) is 0 Å². The van der Waals surface area contributed by atoms with E-state index in [1.165, 1.54) is 11.4 Å². The molecule has 0 fully saturated rings. The average molecular weight is 285 g/mol. The van der Waals surface area contributed by atoms with Crippen LogP contribution in [0.5, 0.6) is 5.75 Å². The molecule has 1 aliphatic heterocycles. The second kappa shape index (κ2) is 5.08. The number of anilines is 1. The Hall–Kier alpha value is -1.76. The zero-order chi connectivity index (χ0) is 14.0. The minimum atomic E-state index is -3.42. The fourth-order valence-electron chi connectivity index (χ4n) is 1.97. The molecule has 0 saturated carbocycles. The molecular weight excluding hydrogens is 270 g/mol. The van der Waals surface area contributed by atoms with Crippen molar-refractivity contribution in [3.8, 4) is 5.75 Å². The number of fused-ring (bicyclic) bond motifs is 1. The van der Waals surface area contributed by atoms with Gasteiger partial charge in [0.1, 0.15) is 5.75 Å². The molecule has 1 aromatic carbocycles. The lowest BCUT2D eigenvalue weighted by molar-refractivity contribution is -0.148. The Balaban J connectivity index is 2.43. The lowest BCUT2D eigenvalue weighted by Gasteiger charge is -2.20. The number of esters is 1. The van der Waals surface area contributed by atoms with Crippen LogP contribution in [-0.4, -0.2) is 40.4 Å². The number of benzene rings is 1. The van der Waals surface area contributed by atoms with E-state index in [0.717, 1.165) is 6.26 Å². The zero-order valence-corrected chi connectivity index (χ0v) is 11.5. The molecular formula is C12H15NO5S. The van der Waals surface area contributed by atoms with Crippen LogP contribution >= 0.6 is 0 Å². The second-order valence-electron chi connectivity index (χ2n) is 4.22. The monoisotopic (exact) mass is 285 g/mol. The van der Waals surface area contributed by atoms with Gasteiger partial charge in [0.05, 0.1) is 19.1 Å². The van der Waals surface area contributed by atoms with E-state index in [4.69, 9.17) is 4.74 Å². The number of rotatable bonds is 2. The molecule has 1 unspecified atom stereocenters. The minimum absolute atomic E-state index is 0.176. The van der Waals surface area contributed by atoms with Gasteiger partial charge in [-0.15, -0.1) is 0 Å². The van der Waals surface area contributed by atoms with Crippen LogP contribution in [0.2, 0.25) is 0 Å². The number of para-hydroxylation sites is 2. The molecule has 1 heterocycles. The van der Waals surface area contributed by atoms with Crippen molar-refractivity contribution in [3.05, 3.63) is 24.3 Å². The van der Waals surface area contributed by atoms with Gasteiger partial charge in [-0.3, -0.25) is 4.31 Å². The highest BCUT2D eigenvalue weighted by atomic mass is 32.2. The van der Waals surface area contributed by atoms with E-state index < -0.39 is 22.1 Å². The summed E-state index contributed by atoms with van der Waals surface area (Å²) in [5.41, 5.74) is 0.441. The van der Waals surface area contributed by atoms with Crippen LogP contribution in [0.15, 0.2) is 24.3 Å². The van der Waals surface area contributed by atoms with Crippen LogP contribution in [0.1, 0.15) is 6.42 Å². The van der Waals surface area contributed by atoms with Crippen molar-refractivity contribution in [2.45, 2.75) is 12.5 Å². The standard InChI is InChI=1S/C12H15NO5S/c1-17-12(14)11-7-8-13(19(2,15)16)9-5-3-4-6-10(9)18-11/h3-6,11H,7-8H2,1-2H3. The molecule has 0 spiro atoms. The molecule has 0 aromatic heterocycles. The first-order valence-corrected chi connectivity index (χ1v) is 7.59. The Labute approximate surface area is 112 Å². The van der Waals surface area contributed by atoms with Gasteiger partial charge in [-0.05, 0) is 12.1 Å². The summed E-state index contributed by atoms with van der Waals surface area (Å²) in [6.45, 7) is 0.176. The van der Waals surface area contributed by atoms with Crippen molar-refractivity contribution in [1.82, 2.24) is 0 Å². The Morgan fingerprint density at radius 3 is 2.74 bits per heavy atom. The summed E-state index contributed by atoms with van der Waals surface area (Å²) >= 11 is 0. The summed E-state index contributed by atoms with van der Waals surface area (Å²) in [5, 5.41) is 0. The first-order chi connectivity index (χ1) is 8.93. The molecule has 104 valence electrons. The molecule has 19 heavy (non-hydrogen) atoms. The van der Waals surface area contributed by atoms with Gasteiger partial charge in [-0.2, -0.15) is 0 Å². The maximum atomic E-state index is 11.8. The molecule has 1 aliphatic rings. The van der Waals surface area contributed by atoms with E-state index in [9.17, 15) is 13.2 Å². The predicted octanol–water partition coefficient (Wildman–Crippen LogP) is 0.777. The van der Waals surface area contributed by atoms with Crippen molar-refractivity contribution < 1.29 is 22.7 Å². The molecule has 0 bridgehead atoms. The van der Waals surface area contributed by atoms with Gasteiger partial charge in [0.25, 0.3) is 0 Å². The lowest BCUT2D eigenvalue weighted by atomic mass is 10.2. The van der Waals surface area contributed by atoms with Crippen LogP contribution in [-0.2, 0) is 19.6 Å². The van der Waals surface area contributed by atoms with Gasteiger partial charge in [0.15, 0.2) is 6.10 Å². The van der Waals surface area contributed by atoms with Gasteiger partial charge < -0.3 is 9.47 Å². The first kappa shape index (κ1) is 13.7. The number of methoxy groups -OCH3 is 1. The number of sulfonamides is 1. The van der Waals surface area contributed by atoms with Gasteiger partial charge in [0.2, 0.25) is 10.0 Å². The number of nitrogens with zero attached hydrogens (tertiary/aromatic N) is 1. The van der Waals surface area contributed by atoms with Gasteiger partial charge >= 0.3 is 5.97 Å². The summed E-state index contributed by atoms with van der Waals surface area (Å²) in [6, 6.07) is 6.72. The SMILES string of the molecule is COC(=O)C1CCN(S(C)(=O)=O)c2ccccc2O1. The second-order valence-corrected chi connectivity index (χ2v) is 6.13. The van der Waals surface area contributed by atoms with E-state index in [1.54, 1.807) is 24.3 Å². The molecule has 7 heteroatoms. The topological polar surface area (TPSA) is 72.9 Å². The number of hydrogen-bond acceptors (Lipinski definition) is 5. The highest BCUT2D eigenvalue weighted by molar-refractivity contribution is 7.92. The third-order valence-electron chi connectivity index (χ3n) is 2.86. The summed E-state index contributed by atoms with van der Waals surface area (Å²) < 4.78 is 35.0. The normalized spacial score (nSPS) is 19.1. The number of hydrogen-bond donors (Lipinski definition) is 0. The van der Waals surface area contributed by atoms with Crippen LogP contribution in [0.4, 0.5) is 5.69 Å². The highest BCUT2D eigenvalue weighted by Gasteiger charge is 2.31. The molecule has 6 nitrogen and oxygen atoms in total. The highest BCUT2D eigenvalue weighted by Crippen LogP contribution is 2.33. The molecule has 0 amide bonds. The quantitative estimate of drug-likeness (QED) is 0.751. The van der Waals surface area contributed by atoms with Crippen molar-refractivity contribution in [3.63, 3.8) is 0 Å². The predicted molar refractivity (Wildman–Crippen MR) is 69.7 cm³/mol. The van der Waals surface area contributed by atoms with E-state index >= 15 is 0 Å². The van der Waals surface area contributed by atoms with Crippen molar-refractivity contribution in [2.75, 3.05) is 24.2 Å². The average Bonchev–Trinajstić information content (AvgIpc) is 2.56. The first-order valence-electron chi connectivity index (χ1n) is 5.74. The Kier molecular flexibility index (Phi) is 3.66. The van der Waals surface area contributed by atoms with Crippen LogP contribution in [0, 0.1) is 0 Å². The van der Waals surface area contributed by atoms with Gasteiger partial charge in [-0.25, -0.2) is 13.2 Å². The molecule has 0 saturated heterocycles. The van der Waals surface area contributed by atoms with Gasteiger partial charge in [0, 0.05) is 13.0 Å². The smallest absolute Gasteiger partial charge is 0.347 e. The van der Waals surface area contributed by atoms with Gasteiger partial charge in [-0.1, -0.05) is 12.1 Å². The molecule has 0 N–H and O–H groups in total. The minimum Gasteiger partial charge on any atom is -0.476 e. The van der Waals surface area contributed by atoms with E-state index in [-0.39, 0.29) is 13.0 Å². The lowest BCUT2D eigenvalue weighted by Crippen LogP contribution is -2.33. The fourth-order valence-corrected chi connectivity index (χ4v) is 2.92. The third-order valence-corrected chi connectivity index (χ3v) is 4.04. The molecule has 2 rings (SSSR count). The van der Waals surface area contributed by atoms with Crippen LogP contribution in [0.25, 0.3) is 0 Å². The molecule has 0 radical (unpaired) electrons. The Bertz CT molecular complexity index is 584. The van der Waals surface area contributed by atoms with Crippen LogP contribution in [0.3, 0.4) is 0 Å². The number of carbonyl (C=O) groups excluding carboxylic acids is 1. The maximum absolute atomic E-state index is 11.8. The number of carbonyl (C=O) groups is 1. The summed E-state index contributed by atoms with van der Waals surface area (Å²) in [5.74, 6) is -0.147. The molecule has 1 atom stereocenters. The summed E-state index contributed by atoms with van der Waals surface area (Å²) in [6.07, 6.45) is 0.578. The van der Waals surface area contributed by atoms with Crippen LogP contribution < -0.4 is 9.04 Å².